The van der Waals surface area contributed by atoms with Crippen LogP contribution in [0.4, 0.5) is 4.79 Å². The molecule has 0 aromatic carbocycles. The summed E-state index contributed by atoms with van der Waals surface area (Å²) in [7, 11) is 1.95. The number of carbonyl (C=O) groups excluding carboxylic acids is 1. The van der Waals surface area contributed by atoms with E-state index in [9.17, 15) is 4.79 Å². The fourth-order valence-electron chi connectivity index (χ4n) is 3.85. The number of hydrogen-bond acceptors (Lipinski definition) is 3. The van der Waals surface area contributed by atoms with E-state index in [0.717, 1.165) is 25.9 Å². The lowest BCUT2D eigenvalue weighted by atomic mass is 9.99. The second-order valence-corrected chi connectivity index (χ2v) is 6.63. The van der Waals surface area contributed by atoms with Gasteiger partial charge in [-0.05, 0) is 19.8 Å². The summed E-state index contributed by atoms with van der Waals surface area (Å²) in [6.07, 6.45) is 5.78. The highest BCUT2D eigenvalue weighted by atomic mass is 16.6. The predicted octanol–water partition coefficient (Wildman–Crippen LogP) is 1.86. The maximum absolute atomic E-state index is 12.7. The lowest BCUT2D eigenvalue weighted by Gasteiger charge is -2.44. The molecule has 0 bridgehead atoms. The Balaban J connectivity index is 1.67. The molecule has 0 unspecified atom stereocenters. The van der Waals surface area contributed by atoms with Crippen molar-refractivity contribution in [2.75, 3.05) is 33.4 Å². The zero-order valence-corrected chi connectivity index (χ0v) is 12.6. The zero-order chi connectivity index (χ0) is 14.2. The van der Waals surface area contributed by atoms with Crippen LogP contribution < -0.4 is 0 Å². The van der Waals surface area contributed by atoms with E-state index in [-0.39, 0.29) is 17.7 Å². The first kappa shape index (κ1) is 14.1. The fraction of sp³-hybridized carbons (Fsp3) is 0.933. The third-order valence-electron chi connectivity index (χ3n) is 4.92. The number of hydrogen-bond donors (Lipinski definition) is 0. The molecule has 2 aliphatic heterocycles. The first-order valence-electron chi connectivity index (χ1n) is 7.87. The van der Waals surface area contributed by atoms with Gasteiger partial charge >= 0.3 is 6.03 Å². The Labute approximate surface area is 121 Å². The highest BCUT2D eigenvalue weighted by Crippen LogP contribution is 2.31. The van der Waals surface area contributed by atoms with Gasteiger partial charge in [-0.3, -0.25) is 0 Å². The van der Waals surface area contributed by atoms with Crippen LogP contribution in [-0.4, -0.2) is 66.9 Å². The van der Waals surface area contributed by atoms with Gasteiger partial charge in [0.1, 0.15) is 5.60 Å². The minimum absolute atomic E-state index is 0.0892. The number of ether oxygens (including phenoxy) is 2. The highest BCUT2D eigenvalue weighted by molar-refractivity contribution is 5.74. The van der Waals surface area contributed by atoms with Crippen molar-refractivity contribution in [3.63, 3.8) is 0 Å². The van der Waals surface area contributed by atoms with Gasteiger partial charge in [0, 0.05) is 32.7 Å². The van der Waals surface area contributed by atoms with Crippen molar-refractivity contribution in [1.82, 2.24) is 9.80 Å². The Kier molecular flexibility index (Phi) is 3.91. The third kappa shape index (κ3) is 2.66. The number of rotatable bonds is 1. The van der Waals surface area contributed by atoms with Crippen molar-refractivity contribution in [2.45, 2.75) is 56.8 Å². The van der Waals surface area contributed by atoms with Crippen LogP contribution in [0, 0.1) is 0 Å². The molecular weight excluding hydrogens is 256 g/mol. The molecule has 1 aliphatic carbocycles. The van der Waals surface area contributed by atoms with Crippen LogP contribution in [0.5, 0.6) is 0 Å². The Hall–Kier alpha value is -0.810. The summed E-state index contributed by atoms with van der Waals surface area (Å²) >= 11 is 0. The van der Waals surface area contributed by atoms with Gasteiger partial charge in [0.05, 0.1) is 19.3 Å². The van der Waals surface area contributed by atoms with E-state index >= 15 is 0 Å². The summed E-state index contributed by atoms with van der Waals surface area (Å²) in [6.45, 7) is 4.78. The summed E-state index contributed by atoms with van der Waals surface area (Å²) in [5, 5.41) is 0. The lowest BCUT2D eigenvalue weighted by molar-refractivity contribution is -0.139. The molecule has 2 saturated heterocycles. The van der Waals surface area contributed by atoms with Crippen molar-refractivity contribution in [2.24, 2.45) is 0 Å². The van der Waals surface area contributed by atoms with Gasteiger partial charge in [-0.1, -0.05) is 12.8 Å². The maximum atomic E-state index is 12.7. The quantitative estimate of drug-likeness (QED) is 0.737. The Morgan fingerprint density at radius 1 is 1.35 bits per heavy atom. The monoisotopic (exact) mass is 282 g/mol. The topological polar surface area (TPSA) is 42.0 Å². The molecule has 5 nitrogen and oxygen atoms in total. The van der Waals surface area contributed by atoms with Crippen molar-refractivity contribution >= 4 is 6.03 Å². The molecule has 1 saturated carbocycles. The standard InChI is InChI=1S/C15H26N2O3/c1-12-9-17(10-15(20-12)7-8-19-11-15)14(18)16(2)13-5-3-4-6-13/h12-13H,3-11H2,1-2H3/t12-,15+/m0/s1. The van der Waals surface area contributed by atoms with Crippen LogP contribution in [0.15, 0.2) is 0 Å². The number of morpholine rings is 1. The first-order chi connectivity index (χ1) is 9.60. The SMILES string of the molecule is C[C@H]1CN(C(=O)N(C)C2CCCC2)C[C@@]2(CCOC2)O1. The molecule has 0 N–H and O–H groups in total. The van der Waals surface area contributed by atoms with E-state index in [1.165, 1.54) is 12.8 Å². The number of amides is 2. The van der Waals surface area contributed by atoms with Crippen LogP contribution >= 0.6 is 0 Å². The molecule has 0 aromatic rings. The molecule has 3 aliphatic rings. The van der Waals surface area contributed by atoms with Crippen LogP contribution in [0.2, 0.25) is 0 Å². The summed E-state index contributed by atoms with van der Waals surface area (Å²) in [5.41, 5.74) is -0.260. The fourth-order valence-corrected chi connectivity index (χ4v) is 3.85. The number of urea groups is 1. The molecule has 2 heterocycles. The molecule has 3 fully saturated rings. The molecule has 114 valence electrons. The smallest absolute Gasteiger partial charge is 0.320 e. The summed E-state index contributed by atoms with van der Waals surface area (Å²) in [6, 6.07) is 0.592. The van der Waals surface area contributed by atoms with Crippen molar-refractivity contribution < 1.29 is 14.3 Å². The number of carbonyl (C=O) groups is 1. The van der Waals surface area contributed by atoms with Crippen LogP contribution in [0.3, 0.4) is 0 Å². The van der Waals surface area contributed by atoms with Crippen molar-refractivity contribution in [3.05, 3.63) is 0 Å². The van der Waals surface area contributed by atoms with Gasteiger partial charge in [-0.15, -0.1) is 0 Å². The molecule has 3 rings (SSSR count). The number of nitrogens with zero attached hydrogens (tertiary/aromatic N) is 2. The van der Waals surface area contributed by atoms with E-state index < -0.39 is 0 Å². The molecule has 2 amide bonds. The van der Waals surface area contributed by atoms with E-state index in [1.807, 2.05) is 16.8 Å². The van der Waals surface area contributed by atoms with Crippen molar-refractivity contribution in [3.8, 4) is 0 Å². The van der Waals surface area contributed by atoms with E-state index in [1.54, 1.807) is 0 Å². The van der Waals surface area contributed by atoms with Gasteiger partial charge in [-0.2, -0.15) is 0 Å². The lowest BCUT2D eigenvalue weighted by Crippen LogP contribution is -2.59. The van der Waals surface area contributed by atoms with Gasteiger partial charge in [-0.25, -0.2) is 4.79 Å². The Morgan fingerprint density at radius 3 is 2.75 bits per heavy atom. The van der Waals surface area contributed by atoms with Crippen molar-refractivity contribution in [1.29, 1.82) is 0 Å². The second kappa shape index (κ2) is 5.53. The summed E-state index contributed by atoms with van der Waals surface area (Å²) < 4.78 is 11.6. The first-order valence-corrected chi connectivity index (χ1v) is 7.87. The van der Waals surface area contributed by atoms with Gasteiger partial charge < -0.3 is 19.3 Å². The zero-order valence-electron chi connectivity index (χ0n) is 12.6. The van der Waals surface area contributed by atoms with E-state index in [4.69, 9.17) is 9.47 Å². The molecule has 1 spiro atoms. The Morgan fingerprint density at radius 2 is 2.10 bits per heavy atom. The molecular formula is C15H26N2O3. The van der Waals surface area contributed by atoms with E-state index in [2.05, 4.69) is 6.92 Å². The summed E-state index contributed by atoms with van der Waals surface area (Å²) in [4.78, 5) is 16.7. The third-order valence-corrected chi connectivity index (χ3v) is 4.92. The molecule has 5 heteroatoms. The average Bonchev–Trinajstić information content (AvgIpc) is 3.08. The maximum Gasteiger partial charge on any atom is 0.320 e. The van der Waals surface area contributed by atoms with E-state index in [0.29, 0.717) is 25.7 Å². The highest BCUT2D eigenvalue weighted by Gasteiger charge is 2.44. The molecule has 0 radical (unpaired) electrons. The average molecular weight is 282 g/mol. The molecule has 0 aromatic heterocycles. The van der Waals surface area contributed by atoms with Gasteiger partial charge in [0.25, 0.3) is 0 Å². The molecule has 2 atom stereocenters. The van der Waals surface area contributed by atoms with Crippen LogP contribution in [0.25, 0.3) is 0 Å². The minimum atomic E-state index is -0.260. The van der Waals surface area contributed by atoms with Gasteiger partial charge in [0.15, 0.2) is 0 Å². The normalized spacial score (nSPS) is 34.9. The minimum Gasteiger partial charge on any atom is -0.378 e. The van der Waals surface area contributed by atoms with Crippen LogP contribution in [0.1, 0.15) is 39.0 Å². The van der Waals surface area contributed by atoms with Crippen LogP contribution in [-0.2, 0) is 9.47 Å². The Bertz CT molecular complexity index is 362. The predicted molar refractivity (Wildman–Crippen MR) is 75.7 cm³/mol. The largest absolute Gasteiger partial charge is 0.378 e. The van der Waals surface area contributed by atoms with Gasteiger partial charge in [0.2, 0.25) is 0 Å². The second-order valence-electron chi connectivity index (χ2n) is 6.63. The summed E-state index contributed by atoms with van der Waals surface area (Å²) in [5.74, 6) is 0. The molecule has 20 heavy (non-hydrogen) atoms.